The fraction of sp³-hybridized carbons (Fsp3) is 0.0417. The number of benzene rings is 4. The van der Waals surface area contributed by atoms with Gasteiger partial charge in [0.05, 0.1) is 6.21 Å². The molecule has 0 aliphatic carbocycles. The van der Waals surface area contributed by atoms with Crippen molar-refractivity contribution in [3.63, 3.8) is 0 Å². The molecular formula is C24H19N3O2. The molecule has 0 heterocycles. The summed E-state index contributed by atoms with van der Waals surface area (Å²) in [5, 5.41) is 11.2. The van der Waals surface area contributed by atoms with Crippen molar-refractivity contribution in [2.24, 2.45) is 5.10 Å². The van der Waals surface area contributed by atoms with Crippen LogP contribution in [0.4, 0.5) is 5.69 Å². The Labute approximate surface area is 168 Å². The normalized spacial score (nSPS) is 11.1. The average molecular weight is 381 g/mol. The molecule has 5 nitrogen and oxygen atoms in total. The number of hydrazone groups is 1. The maximum Gasteiger partial charge on any atom is 0.271 e. The Hall–Kier alpha value is -3.99. The Bertz CT molecular complexity index is 1190. The van der Waals surface area contributed by atoms with Gasteiger partial charge in [-0.05, 0) is 51.9 Å². The van der Waals surface area contributed by atoms with Gasteiger partial charge in [0, 0.05) is 23.7 Å². The van der Waals surface area contributed by atoms with Crippen LogP contribution in [0.2, 0.25) is 0 Å². The first-order valence-electron chi connectivity index (χ1n) is 9.23. The Kier molecular flexibility index (Phi) is 5.03. The minimum absolute atomic E-state index is 0.158. The van der Waals surface area contributed by atoms with Crippen LogP contribution in [0.1, 0.15) is 22.8 Å². The predicted molar refractivity (Wildman–Crippen MR) is 117 cm³/mol. The summed E-state index contributed by atoms with van der Waals surface area (Å²) in [6.07, 6.45) is 1.69. The van der Waals surface area contributed by atoms with E-state index in [-0.39, 0.29) is 11.8 Å². The van der Waals surface area contributed by atoms with Crippen molar-refractivity contribution in [1.82, 2.24) is 5.43 Å². The maximum atomic E-state index is 12.4. The lowest BCUT2D eigenvalue weighted by Crippen LogP contribution is -2.17. The molecule has 5 heteroatoms. The lowest BCUT2D eigenvalue weighted by atomic mass is 9.97. The van der Waals surface area contributed by atoms with E-state index in [1.54, 1.807) is 30.5 Å². The summed E-state index contributed by atoms with van der Waals surface area (Å²) < 4.78 is 0. The molecule has 0 radical (unpaired) electrons. The minimum atomic E-state index is -0.319. The first-order chi connectivity index (χ1) is 14.1. The van der Waals surface area contributed by atoms with Gasteiger partial charge >= 0.3 is 0 Å². The van der Waals surface area contributed by atoms with Crippen LogP contribution < -0.4 is 10.7 Å². The molecule has 0 atom stereocenters. The quantitative estimate of drug-likeness (QED) is 0.305. The molecule has 142 valence electrons. The van der Waals surface area contributed by atoms with Crippen LogP contribution in [0.5, 0.6) is 0 Å². The third-order valence-corrected chi connectivity index (χ3v) is 4.64. The molecule has 0 spiro atoms. The van der Waals surface area contributed by atoms with E-state index in [4.69, 9.17) is 0 Å². The third-order valence-electron chi connectivity index (χ3n) is 4.64. The van der Waals surface area contributed by atoms with E-state index in [1.807, 2.05) is 36.4 Å². The number of fused-ring (bicyclic) bond motifs is 2. The van der Waals surface area contributed by atoms with Crippen molar-refractivity contribution in [1.29, 1.82) is 0 Å². The van der Waals surface area contributed by atoms with Gasteiger partial charge in [-0.2, -0.15) is 5.10 Å². The van der Waals surface area contributed by atoms with Gasteiger partial charge in [0.1, 0.15) is 0 Å². The van der Waals surface area contributed by atoms with E-state index in [2.05, 4.69) is 34.0 Å². The molecule has 4 rings (SSSR count). The first kappa shape index (κ1) is 18.4. The number of nitrogens with one attached hydrogen (secondary N) is 2. The molecule has 0 fully saturated rings. The summed E-state index contributed by atoms with van der Waals surface area (Å²) in [5.41, 5.74) is 4.63. The highest BCUT2D eigenvalue weighted by Gasteiger charge is 2.07. The molecule has 29 heavy (non-hydrogen) atoms. The molecule has 0 saturated heterocycles. The number of carbonyl (C=O) groups excluding carboxylic acids is 2. The van der Waals surface area contributed by atoms with Gasteiger partial charge in [0.25, 0.3) is 5.91 Å². The molecule has 0 saturated carbocycles. The van der Waals surface area contributed by atoms with Crippen LogP contribution in [0.3, 0.4) is 0 Å². The standard InChI is InChI=1S/C24H19N3O2/c1-16(28)26-20-12-10-17(11-13-20)24(29)27-25-15-23-21-8-4-2-6-18(21)14-19-7-3-5-9-22(19)23/h2-15H,1H3,(H,26,28)(H,27,29). The topological polar surface area (TPSA) is 70.6 Å². The Morgan fingerprint density at radius 3 is 2.00 bits per heavy atom. The second-order valence-corrected chi connectivity index (χ2v) is 6.69. The maximum absolute atomic E-state index is 12.4. The van der Waals surface area contributed by atoms with Gasteiger partial charge < -0.3 is 5.32 Å². The van der Waals surface area contributed by atoms with Gasteiger partial charge in [-0.1, -0.05) is 48.5 Å². The average Bonchev–Trinajstić information content (AvgIpc) is 2.73. The van der Waals surface area contributed by atoms with E-state index in [1.165, 1.54) is 6.92 Å². The summed E-state index contributed by atoms with van der Waals surface area (Å²) in [5.74, 6) is -0.478. The van der Waals surface area contributed by atoms with Gasteiger partial charge in [0.2, 0.25) is 5.91 Å². The molecule has 2 amide bonds. The number of nitrogens with zero attached hydrogens (tertiary/aromatic N) is 1. The van der Waals surface area contributed by atoms with Crippen LogP contribution in [0.25, 0.3) is 21.5 Å². The van der Waals surface area contributed by atoms with Crippen molar-refractivity contribution in [3.05, 3.63) is 90.0 Å². The summed E-state index contributed by atoms with van der Waals surface area (Å²) in [6.45, 7) is 1.44. The highest BCUT2D eigenvalue weighted by molar-refractivity contribution is 6.13. The lowest BCUT2D eigenvalue weighted by Gasteiger charge is -2.08. The van der Waals surface area contributed by atoms with Gasteiger partial charge in [-0.3, -0.25) is 9.59 Å². The monoisotopic (exact) mass is 381 g/mol. The van der Waals surface area contributed by atoms with Gasteiger partial charge in [0.15, 0.2) is 0 Å². The molecule has 4 aromatic rings. The van der Waals surface area contributed by atoms with Gasteiger partial charge in [-0.15, -0.1) is 0 Å². The zero-order valence-electron chi connectivity index (χ0n) is 15.8. The number of rotatable bonds is 4. The Balaban J connectivity index is 1.59. The Morgan fingerprint density at radius 2 is 1.41 bits per heavy atom. The van der Waals surface area contributed by atoms with Crippen LogP contribution in [0, 0.1) is 0 Å². The van der Waals surface area contributed by atoms with Gasteiger partial charge in [-0.25, -0.2) is 5.43 Å². The smallest absolute Gasteiger partial charge is 0.271 e. The van der Waals surface area contributed by atoms with Crippen molar-refractivity contribution in [3.8, 4) is 0 Å². The molecular weight excluding hydrogens is 362 g/mol. The number of hydrogen-bond donors (Lipinski definition) is 2. The fourth-order valence-electron chi connectivity index (χ4n) is 3.32. The number of amides is 2. The zero-order valence-corrected chi connectivity index (χ0v) is 15.8. The summed E-state index contributed by atoms with van der Waals surface area (Å²) in [7, 11) is 0. The van der Waals surface area contributed by atoms with E-state index >= 15 is 0 Å². The summed E-state index contributed by atoms with van der Waals surface area (Å²) >= 11 is 0. The second kappa shape index (κ2) is 7.94. The largest absolute Gasteiger partial charge is 0.326 e. The van der Waals surface area contributed by atoms with Crippen LogP contribution in [0.15, 0.2) is 84.0 Å². The molecule has 2 N–H and O–H groups in total. The third kappa shape index (κ3) is 3.99. The van der Waals surface area contributed by atoms with Crippen molar-refractivity contribution in [2.75, 3.05) is 5.32 Å². The minimum Gasteiger partial charge on any atom is -0.326 e. The molecule has 0 aliphatic heterocycles. The number of anilines is 1. The lowest BCUT2D eigenvalue weighted by molar-refractivity contribution is -0.114. The van der Waals surface area contributed by atoms with Crippen LogP contribution >= 0.6 is 0 Å². The van der Waals surface area contributed by atoms with E-state index in [9.17, 15) is 9.59 Å². The van der Waals surface area contributed by atoms with Crippen molar-refractivity contribution in [2.45, 2.75) is 6.92 Å². The van der Waals surface area contributed by atoms with Crippen molar-refractivity contribution >= 4 is 45.3 Å². The SMILES string of the molecule is CC(=O)Nc1ccc(C(=O)NN=Cc2c3ccccc3cc3ccccc23)cc1. The summed E-state index contributed by atoms with van der Waals surface area (Å²) in [4.78, 5) is 23.5. The Morgan fingerprint density at radius 1 is 0.828 bits per heavy atom. The van der Waals surface area contributed by atoms with Crippen molar-refractivity contribution < 1.29 is 9.59 Å². The highest BCUT2D eigenvalue weighted by atomic mass is 16.2. The zero-order chi connectivity index (χ0) is 20.2. The van der Waals surface area contributed by atoms with Crippen LogP contribution in [-0.2, 0) is 4.79 Å². The highest BCUT2D eigenvalue weighted by Crippen LogP contribution is 2.27. The number of carbonyl (C=O) groups is 2. The molecule has 0 bridgehead atoms. The van der Waals surface area contributed by atoms with E-state index in [0.717, 1.165) is 27.1 Å². The number of hydrogen-bond acceptors (Lipinski definition) is 3. The second-order valence-electron chi connectivity index (χ2n) is 6.69. The van der Waals surface area contributed by atoms with E-state index in [0.29, 0.717) is 11.3 Å². The first-order valence-corrected chi connectivity index (χ1v) is 9.23. The summed E-state index contributed by atoms with van der Waals surface area (Å²) in [6, 6.07) is 25.0. The molecule has 4 aromatic carbocycles. The molecule has 0 aliphatic rings. The fourth-order valence-corrected chi connectivity index (χ4v) is 3.32. The van der Waals surface area contributed by atoms with Crippen LogP contribution in [-0.4, -0.2) is 18.0 Å². The molecule has 0 unspecified atom stereocenters. The predicted octanol–water partition coefficient (Wildman–Crippen LogP) is 4.72. The molecule has 0 aromatic heterocycles. The van der Waals surface area contributed by atoms with E-state index < -0.39 is 0 Å².